The molecule has 0 saturated heterocycles. The lowest BCUT2D eigenvalue weighted by molar-refractivity contribution is 1.20. The van der Waals surface area contributed by atoms with Crippen LogP contribution < -0.4 is 0 Å². The van der Waals surface area contributed by atoms with E-state index >= 15 is 0 Å². The fourth-order valence-corrected chi connectivity index (χ4v) is 3.73. The largest absolute Gasteiger partial charge is 0.0722 e. The summed E-state index contributed by atoms with van der Waals surface area (Å²) in [5.74, 6) is 0. The van der Waals surface area contributed by atoms with E-state index in [1.54, 1.807) is 0 Å². The van der Waals surface area contributed by atoms with Gasteiger partial charge >= 0.3 is 0 Å². The summed E-state index contributed by atoms with van der Waals surface area (Å²) >= 11 is 4.88. The molecule has 21 heavy (non-hydrogen) atoms. The quantitative estimate of drug-likeness (QED) is 0.288. The molecular weight excluding hydrogens is 482 g/mol. The van der Waals surface area contributed by atoms with E-state index in [9.17, 15) is 0 Å². The lowest BCUT2D eigenvalue weighted by atomic mass is 9.95. The van der Waals surface area contributed by atoms with Gasteiger partial charge in [-0.25, -0.2) is 0 Å². The monoisotopic (exact) mass is 496 g/mol. The van der Waals surface area contributed by atoms with Crippen molar-refractivity contribution in [3.8, 4) is 11.1 Å². The Kier molecular flexibility index (Phi) is 4.95. The van der Waals surface area contributed by atoms with Crippen LogP contribution in [0.5, 0.6) is 0 Å². The third-order valence-corrected chi connectivity index (χ3v) is 5.59. The molecule has 0 radical (unpaired) electrons. The summed E-state index contributed by atoms with van der Waals surface area (Å²) < 4.78 is 1.63. The van der Waals surface area contributed by atoms with E-state index in [0.29, 0.717) is 3.92 Å². The molecule has 0 bridgehead atoms. The topological polar surface area (TPSA) is 0 Å². The zero-order chi connectivity index (χ0) is 14.7. The van der Waals surface area contributed by atoms with E-state index < -0.39 is 0 Å². The number of hydrogen-bond donors (Lipinski definition) is 0. The molecule has 2 heteroatoms. The molecule has 3 rings (SSSR count). The van der Waals surface area contributed by atoms with Gasteiger partial charge in [0.05, 0.1) is 3.92 Å². The van der Waals surface area contributed by atoms with Crippen LogP contribution in [0.15, 0.2) is 78.9 Å². The lowest BCUT2D eigenvalue weighted by Crippen LogP contribution is -1.95. The van der Waals surface area contributed by atoms with Gasteiger partial charge in [-0.15, -0.1) is 0 Å². The van der Waals surface area contributed by atoms with Gasteiger partial charge < -0.3 is 0 Å². The maximum Gasteiger partial charge on any atom is 0.0614 e. The SMILES string of the molecule is Ic1ccc(-c2ccccc2C(I)c2ccccc2)cc1. The fourth-order valence-electron chi connectivity index (χ4n) is 2.41. The molecule has 3 aromatic rings. The van der Waals surface area contributed by atoms with Crippen molar-refractivity contribution in [2.75, 3.05) is 0 Å². The first-order valence-electron chi connectivity index (χ1n) is 6.79. The molecule has 0 aromatic heterocycles. The number of benzene rings is 3. The molecule has 0 aliphatic heterocycles. The van der Waals surface area contributed by atoms with Gasteiger partial charge in [0.25, 0.3) is 0 Å². The van der Waals surface area contributed by atoms with E-state index in [1.807, 2.05) is 0 Å². The van der Waals surface area contributed by atoms with Gasteiger partial charge in [-0.2, -0.15) is 0 Å². The average molecular weight is 496 g/mol. The van der Waals surface area contributed by atoms with Crippen LogP contribution in [0.25, 0.3) is 11.1 Å². The van der Waals surface area contributed by atoms with Crippen molar-refractivity contribution in [3.63, 3.8) is 0 Å². The summed E-state index contributed by atoms with van der Waals surface area (Å²) in [5, 5.41) is 0. The van der Waals surface area contributed by atoms with Crippen molar-refractivity contribution in [1.82, 2.24) is 0 Å². The van der Waals surface area contributed by atoms with E-state index in [2.05, 4.69) is 124 Å². The van der Waals surface area contributed by atoms with Gasteiger partial charge in [-0.3, -0.25) is 0 Å². The molecule has 104 valence electrons. The maximum absolute atomic E-state index is 2.53. The first-order chi connectivity index (χ1) is 10.3. The van der Waals surface area contributed by atoms with Gasteiger partial charge in [0.1, 0.15) is 0 Å². The summed E-state index contributed by atoms with van der Waals surface area (Å²) in [4.78, 5) is 0. The molecule has 1 atom stereocenters. The number of alkyl halides is 1. The summed E-state index contributed by atoms with van der Waals surface area (Å²) in [6, 6.07) is 28.1. The Labute approximate surface area is 152 Å². The highest BCUT2D eigenvalue weighted by atomic mass is 127. The molecule has 0 spiro atoms. The Morgan fingerprint density at radius 3 is 2.00 bits per heavy atom. The molecule has 1 unspecified atom stereocenters. The standard InChI is InChI=1S/C19H14I2/c20-16-12-10-14(11-13-16)17-8-4-5-9-18(17)19(21)15-6-2-1-3-7-15/h1-13,19H. The number of halogens is 2. The van der Waals surface area contributed by atoms with Crippen molar-refractivity contribution < 1.29 is 0 Å². The lowest BCUT2D eigenvalue weighted by Gasteiger charge is -2.16. The predicted molar refractivity (Wildman–Crippen MR) is 107 cm³/mol. The summed E-state index contributed by atoms with van der Waals surface area (Å²) in [5.41, 5.74) is 5.31. The van der Waals surface area contributed by atoms with Gasteiger partial charge in [-0.1, -0.05) is 89.3 Å². The molecule has 0 heterocycles. The van der Waals surface area contributed by atoms with Crippen LogP contribution in [0.2, 0.25) is 0 Å². The highest BCUT2D eigenvalue weighted by molar-refractivity contribution is 14.1. The van der Waals surface area contributed by atoms with E-state index in [4.69, 9.17) is 0 Å². The highest BCUT2D eigenvalue weighted by Crippen LogP contribution is 2.37. The maximum atomic E-state index is 2.53. The second-order valence-corrected chi connectivity index (χ2v) is 7.36. The van der Waals surface area contributed by atoms with Gasteiger partial charge in [0, 0.05) is 3.57 Å². The summed E-state index contributed by atoms with van der Waals surface area (Å²) in [6.45, 7) is 0. The molecule has 0 aliphatic carbocycles. The second kappa shape index (κ2) is 6.92. The second-order valence-electron chi connectivity index (χ2n) is 4.87. The van der Waals surface area contributed by atoms with Crippen molar-refractivity contribution in [3.05, 3.63) is 93.6 Å². The third kappa shape index (κ3) is 3.48. The highest BCUT2D eigenvalue weighted by Gasteiger charge is 2.14. The summed E-state index contributed by atoms with van der Waals surface area (Å²) in [6.07, 6.45) is 0. The molecule has 0 aliphatic rings. The number of rotatable bonds is 3. The minimum Gasteiger partial charge on any atom is -0.0722 e. The first-order valence-corrected chi connectivity index (χ1v) is 9.12. The third-order valence-electron chi connectivity index (χ3n) is 3.48. The minimum absolute atomic E-state index is 0.360. The van der Waals surface area contributed by atoms with Crippen LogP contribution in [0.4, 0.5) is 0 Å². The van der Waals surface area contributed by atoms with E-state index in [0.717, 1.165) is 0 Å². The number of hydrogen-bond acceptors (Lipinski definition) is 0. The van der Waals surface area contributed by atoms with Crippen LogP contribution in [-0.2, 0) is 0 Å². The molecule has 3 aromatic carbocycles. The van der Waals surface area contributed by atoms with Crippen LogP contribution in [-0.4, -0.2) is 0 Å². The average Bonchev–Trinajstić information content (AvgIpc) is 2.56. The summed E-state index contributed by atoms with van der Waals surface area (Å²) in [7, 11) is 0. The van der Waals surface area contributed by atoms with Crippen molar-refractivity contribution in [2.45, 2.75) is 3.92 Å². The molecule has 0 nitrogen and oxygen atoms in total. The van der Waals surface area contributed by atoms with Gasteiger partial charge in [-0.05, 0) is 57.0 Å². The van der Waals surface area contributed by atoms with E-state index in [1.165, 1.54) is 25.8 Å². The van der Waals surface area contributed by atoms with Crippen molar-refractivity contribution in [1.29, 1.82) is 0 Å². The van der Waals surface area contributed by atoms with Crippen LogP contribution >= 0.6 is 45.2 Å². The van der Waals surface area contributed by atoms with Crippen LogP contribution in [0.1, 0.15) is 15.1 Å². The molecule has 0 amide bonds. The Balaban J connectivity index is 2.06. The molecule has 0 saturated carbocycles. The normalized spacial score (nSPS) is 12.1. The van der Waals surface area contributed by atoms with E-state index in [-0.39, 0.29) is 0 Å². The Morgan fingerprint density at radius 2 is 1.29 bits per heavy atom. The van der Waals surface area contributed by atoms with Crippen LogP contribution in [0, 0.1) is 3.57 Å². The molecular formula is C19H14I2. The molecule has 0 fully saturated rings. The van der Waals surface area contributed by atoms with Crippen LogP contribution in [0.3, 0.4) is 0 Å². The molecule has 0 N–H and O–H groups in total. The predicted octanol–water partition coefficient (Wildman–Crippen LogP) is 6.48. The van der Waals surface area contributed by atoms with Gasteiger partial charge in [0.15, 0.2) is 0 Å². The Morgan fingerprint density at radius 1 is 0.667 bits per heavy atom. The Hall–Kier alpha value is -0.880. The minimum atomic E-state index is 0.360. The van der Waals surface area contributed by atoms with Gasteiger partial charge in [0.2, 0.25) is 0 Å². The fraction of sp³-hybridized carbons (Fsp3) is 0.0526. The smallest absolute Gasteiger partial charge is 0.0614 e. The Bertz CT molecular complexity index is 718. The van der Waals surface area contributed by atoms with Crippen molar-refractivity contribution in [2.24, 2.45) is 0 Å². The first kappa shape index (κ1) is 15.0. The zero-order valence-corrected chi connectivity index (χ0v) is 15.7. The zero-order valence-electron chi connectivity index (χ0n) is 11.3. The van der Waals surface area contributed by atoms with Crippen molar-refractivity contribution >= 4 is 45.2 Å².